The highest BCUT2D eigenvalue weighted by atomic mass is 16.4. The monoisotopic (exact) mass is 276 g/mol. The summed E-state index contributed by atoms with van der Waals surface area (Å²) >= 11 is 0. The molecule has 0 radical (unpaired) electrons. The van der Waals surface area contributed by atoms with Crippen LogP contribution in [0.15, 0.2) is 36.4 Å². The molecule has 0 unspecified atom stereocenters. The van der Waals surface area contributed by atoms with E-state index in [1.54, 1.807) is 38.1 Å². The van der Waals surface area contributed by atoms with E-state index in [0.29, 0.717) is 11.4 Å². The molecule has 0 saturated carbocycles. The SMILES string of the molecule is CC(C)C(=O)Nc1ccc(NC(=O)/C=C\C(=O)O)cc1. The van der Waals surface area contributed by atoms with Crippen molar-refractivity contribution in [2.75, 3.05) is 10.6 Å². The summed E-state index contributed by atoms with van der Waals surface area (Å²) in [7, 11) is 0. The predicted octanol–water partition coefficient (Wildman–Crippen LogP) is 1.86. The van der Waals surface area contributed by atoms with Gasteiger partial charge in [0.25, 0.3) is 0 Å². The largest absolute Gasteiger partial charge is 0.478 e. The molecule has 0 atom stereocenters. The molecule has 20 heavy (non-hydrogen) atoms. The zero-order chi connectivity index (χ0) is 15.1. The zero-order valence-corrected chi connectivity index (χ0v) is 11.2. The van der Waals surface area contributed by atoms with Crippen molar-refractivity contribution in [1.82, 2.24) is 0 Å². The number of rotatable bonds is 5. The minimum atomic E-state index is -1.19. The second kappa shape index (κ2) is 7.08. The van der Waals surface area contributed by atoms with Gasteiger partial charge < -0.3 is 15.7 Å². The van der Waals surface area contributed by atoms with Crippen LogP contribution in [0.3, 0.4) is 0 Å². The van der Waals surface area contributed by atoms with Crippen molar-refractivity contribution in [3.05, 3.63) is 36.4 Å². The summed E-state index contributed by atoms with van der Waals surface area (Å²) in [6.45, 7) is 3.58. The topological polar surface area (TPSA) is 95.5 Å². The summed E-state index contributed by atoms with van der Waals surface area (Å²) in [6, 6.07) is 6.53. The van der Waals surface area contributed by atoms with Crippen LogP contribution in [0.25, 0.3) is 0 Å². The molecule has 1 rings (SSSR count). The van der Waals surface area contributed by atoms with Crippen molar-refractivity contribution >= 4 is 29.2 Å². The van der Waals surface area contributed by atoms with Gasteiger partial charge in [0.2, 0.25) is 11.8 Å². The van der Waals surface area contributed by atoms with Crippen LogP contribution >= 0.6 is 0 Å². The molecule has 1 aromatic rings. The van der Waals surface area contributed by atoms with Crippen LogP contribution in [0.5, 0.6) is 0 Å². The van der Waals surface area contributed by atoms with Crippen LogP contribution in [-0.2, 0) is 14.4 Å². The van der Waals surface area contributed by atoms with Crippen LogP contribution in [0.1, 0.15) is 13.8 Å². The van der Waals surface area contributed by atoms with Crippen LogP contribution in [-0.4, -0.2) is 22.9 Å². The number of anilines is 2. The summed E-state index contributed by atoms with van der Waals surface area (Å²) in [6.07, 6.45) is 1.68. The molecule has 0 spiro atoms. The highest BCUT2D eigenvalue weighted by Gasteiger charge is 2.06. The molecule has 3 N–H and O–H groups in total. The van der Waals surface area contributed by atoms with Crippen molar-refractivity contribution in [3.8, 4) is 0 Å². The first-order valence-corrected chi connectivity index (χ1v) is 6.01. The fraction of sp³-hybridized carbons (Fsp3) is 0.214. The Balaban J connectivity index is 2.61. The number of carboxylic acid groups (broad SMARTS) is 1. The quantitative estimate of drug-likeness (QED) is 0.715. The molecule has 6 nitrogen and oxygen atoms in total. The number of benzene rings is 1. The normalized spacial score (nSPS) is 10.6. The van der Waals surface area contributed by atoms with Gasteiger partial charge in [-0.3, -0.25) is 9.59 Å². The van der Waals surface area contributed by atoms with Gasteiger partial charge in [-0.15, -0.1) is 0 Å². The first-order chi connectivity index (χ1) is 9.38. The average molecular weight is 276 g/mol. The van der Waals surface area contributed by atoms with E-state index in [-0.39, 0.29) is 11.8 Å². The van der Waals surface area contributed by atoms with E-state index < -0.39 is 11.9 Å². The van der Waals surface area contributed by atoms with Gasteiger partial charge in [-0.2, -0.15) is 0 Å². The molecule has 0 aliphatic rings. The first kappa shape index (κ1) is 15.4. The molecule has 106 valence electrons. The third-order valence-corrected chi connectivity index (χ3v) is 2.32. The second-order valence-corrected chi connectivity index (χ2v) is 4.38. The van der Waals surface area contributed by atoms with E-state index in [1.165, 1.54) is 0 Å². The highest BCUT2D eigenvalue weighted by molar-refractivity contribution is 6.02. The standard InChI is InChI=1S/C14H16N2O4/c1-9(2)14(20)16-11-5-3-10(4-6-11)15-12(17)7-8-13(18)19/h3-9H,1-2H3,(H,15,17)(H,16,20)(H,18,19)/b8-7-. The smallest absolute Gasteiger partial charge is 0.328 e. The Labute approximate surface area is 116 Å². The summed E-state index contributed by atoms with van der Waals surface area (Å²) in [5, 5.41) is 13.6. The van der Waals surface area contributed by atoms with Gasteiger partial charge in [-0.05, 0) is 24.3 Å². The number of carboxylic acids is 1. The van der Waals surface area contributed by atoms with Gasteiger partial charge >= 0.3 is 5.97 Å². The maximum absolute atomic E-state index is 11.5. The molecular formula is C14H16N2O4. The maximum Gasteiger partial charge on any atom is 0.328 e. The van der Waals surface area contributed by atoms with E-state index in [4.69, 9.17) is 5.11 Å². The number of hydrogen-bond acceptors (Lipinski definition) is 3. The maximum atomic E-state index is 11.5. The van der Waals surface area contributed by atoms with Crippen molar-refractivity contribution in [1.29, 1.82) is 0 Å². The first-order valence-electron chi connectivity index (χ1n) is 6.01. The minimum Gasteiger partial charge on any atom is -0.478 e. The fourth-order valence-corrected chi connectivity index (χ4v) is 1.25. The highest BCUT2D eigenvalue weighted by Crippen LogP contribution is 2.14. The molecule has 1 aromatic carbocycles. The molecule has 0 aromatic heterocycles. The summed E-state index contributed by atoms with van der Waals surface area (Å²) in [5.41, 5.74) is 1.13. The molecule has 0 aliphatic carbocycles. The Morgan fingerprint density at radius 1 is 1.00 bits per heavy atom. The van der Waals surface area contributed by atoms with Crippen LogP contribution in [0.4, 0.5) is 11.4 Å². The van der Waals surface area contributed by atoms with Crippen molar-refractivity contribution < 1.29 is 19.5 Å². The van der Waals surface area contributed by atoms with Crippen LogP contribution < -0.4 is 10.6 Å². The van der Waals surface area contributed by atoms with Gasteiger partial charge in [0.15, 0.2) is 0 Å². The Morgan fingerprint density at radius 2 is 1.50 bits per heavy atom. The third kappa shape index (κ3) is 5.34. The second-order valence-electron chi connectivity index (χ2n) is 4.38. The fourth-order valence-electron chi connectivity index (χ4n) is 1.25. The molecule has 0 heterocycles. The minimum absolute atomic E-state index is 0.0915. The van der Waals surface area contributed by atoms with E-state index in [9.17, 15) is 14.4 Å². The Morgan fingerprint density at radius 3 is 1.95 bits per heavy atom. The number of amides is 2. The molecule has 0 aliphatic heterocycles. The number of carbonyl (C=O) groups is 3. The van der Waals surface area contributed by atoms with Crippen molar-refractivity contribution in [3.63, 3.8) is 0 Å². The molecule has 6 heteroatoms. The Kier molecular flexibility index (Phi) is 5.46. The van der Waals surface area contributed by atoms with E-state index in [2.05, 4.69) is 10.6 Å². The van der Waals surface area contributed by atoms with Crippen molar-refractivity contribution in [2.24, 2.45) is 5.92 Å². The predicted molar refractivity (Wildman–Crippen MR) is 75.3 cm³/mol. The number of nitrogens with one attached hydrogen (secondary N) is 2. The van der Waals surface area contributed by atoms with Crippen molar-refractivity contribution in [2.45, 2.75) is 13.8 Å². The van der Waals surface area contributed by atoms with Gasteiger partial charge in [0.05, 0.1) is 0 Å². The van der Waals surface area contributed by atoms with Gasteiger partial charge in [0, 0.05) is 29.4 Å². The lowest BCUT2D eigenvalue weighted by Crippen LogP contribution is -2.17. The average Bonchev–Trinajstić information content (AvgIpc) is 2.38. The molecule has 0 bridgehead atoms. The number of aliphatic carboxylic acids is 1. The lowest BCUT2D eigenvalue weighted by molar-refractivity contribution is -0.131. The summed E-state index contributed by atoms with van der Waals surface area (Å²) < 4.78 is 0. The van der Waals surface area contributed by atoms with E-state index in [1.807, 2.05) is 0 Å². The van der Waals surface area contributed by atoms with Gasteiger partial charge in [-0.1, -0.05) is 13.8 Å². The third-order valence-electron chi connectivity index (χ3n) is 2.32. The van der Waals surface area contributed by atoms with E-state index >= 15 is 0 Å². The summed E-state index contributed by atoms with van der Waals surface area (Å²) in [5.74, 6) is -1.93. The lowest BCUT2D eigenvalue weighted by Gasteiger charge is -2.08. The molecule has 0 fully saturated rings. The number of hydrogen-bond donors (Lipinski definition) is 3. The van der Waals surface area contributed by atoms with Gasteiger partial charge in [0.1, 0.15) is 0 Å². The Hall–Kier alpha value is -2.63. The zero-order valence-electron chi connectivity index (χ0n) is 11.2. The van der Waals surface area contributed by atoms with Gasteiger partial charge in [-0.25, -0.2) is 4.79 Å². The van der Waals surface area contributed by atoms with E-state index in [0.717, 1.165) is 12.2 Å². The molecular weight excluding hydrogens is 260 g/mol. The van der Waals surface area contributed by atoms with Crippen LogP contribution in [0, 0.1) is 5.92 Å². The van der Waals surface area contributed by atoms with Crippen LogP contribution in [0.2, 0.25) is 0 Å². The lowest BCUT2D eigenvalue weighted by atomic mass is 10.2. The number of carbonyl (C=O) groups excluding carboxylic acids is 2. The molecule has 0 saturated heterocycles. The Bertz CT molecular complexity index is 533. The molecule has 2 amide bonds. The summed E-state index contributed by atoms with van der Waals surface area (Å²) in [4.78, 5) is 33.1.